The number of carbonyl (C=O) groups excluding carboxylic acids is 2. The number of unbranched alkanes of at least 4 members (excludes halogenated alkanes) is 19. The number of phosphoric acid groups is 1. The molecular formula is C62H106NO8P. The van der Waals surface area contributed by atoms with E-state index in [0.717, 1.165) is 109 Å². The lowest BCUT2D eigenvalue weighted by Gasteiger charge is -2.28. The van der Waals surface area contributed by atoms with Crippen LogP contribution in [0, 0.1) is 0 Å². The number of likely N-dealkylation sites (N-methyl/N-ethyl adjacent to an activating group) is 1. The van der Waals surface area contributed by atoms with Gasteiger partial charge in [0.05, 0.1) is 27.7 Å². The number of ether oxygens (including phenoxy) is 2. The zero-order chi connectivity index (χ0) is 52.7. The third-order valence-corrected chi connectivity index (χ3v) is 12.8. The molecule has 0 aromatic heterocycles. The molecule has 0 fully saturated rings. The number of hydrogen-bond donors (Lipinski definition) is 0. The maximum absolute atomic E-state index is 12.8. The summed E-state index contributed by atoms with van der Waals surface area (Å²) >= 11 is 0. The molecule has 2 atom stereocenters. The van der Waals surface area contributed by atoms with E-state index < -0.39 is 32.5 Å². The van der Waals surface area contributed by atoms with Gasteiger partial charge in [0.15, 0.2) is 6.10 Å². The van der Waals surface area contributed by atoms with Gasteiger partial charge in [-0.25, -0.2) is 0 Å². The number of nitrogens with zero attached hydrogens (tertiary/aromatic N) is 1. The Morgan fingerprint density at radius 3 is 1.11 bits per heavy atom. The maximum Gasteiger partial charge on any atom is 0.306 e. The minimum atomic E-state index is -4.64. The minimum absolute atomic E-state index is 0.0385. The van der Waals surface area contributed by atoms with E-state index in [4.69, 9.17) is 18.5 Å². The van der Waals surface area contributed by atoms with Crippen molar-refractivity contribution in [1.29, 1.82) is 0 Å². The Hall–Kier alpha value is -3.33. The van der Waals surface area contributed by atoms with Crippen molar-refractivity contribution in [1.82, 2.24) is 0 Å². The summed E-state index contributed by atoms with van der Waals surface area (Å²) in [6.45, 7) is 3.98. The van der Waals surface area contributed by atoms with Gasteiger partial charge in [-0.2, -0.15) is 0 Å². The Morgan fingerprint density at radius 1 is 0.431 bits per heavy atom. The zero-order valence-corrected chi connectivity index (χ0v) is 47.5. The number of quaternary nitrogens is 1. The van der Waals surface area contributed by atoms with Gasteiger partial charge in [-0.15, -0.1) is 0 Å². The molecule has 0 radical (unpaired) electrons. The summed E-state index contributed by atoms with van der Waals surface area (Å²) in [5, 5.41) is 0. The number of hydrogen-bond acceptors (Lipinski definition) is 8. The predicted molar refractivity (Wildman–Crippen MR) is 305 cm³/mol. The van der Waals surface area contributed by atoms with Crippen molar-refractivity contribution in [3.8, 4) is 0 Å². The molecule has 0 spiro atoms. The highest BCUT2D eigenvalue weighted by molar-refractivity contribution is 7.45. The van der Waals surface area contributed by atoms with Crippen molar-refractivity contribution < 1.29 is 42.1 Å². The highest BCUT2D eigenvalue weighted by Gasteiger charge is 2.21. The van der Waals surface area contributed by atoms with Gasteiger partial charge in [-0.3, -0.25) is 14.2 Å². The monoisotopic (exact) mass is 1020 g/mol. The smallest absolute Gasteiger partial charge is 0.306 e. The third-order valence-electron chi connectivity index (χ3n) is 11.8. The summed E-state index contributed by atoms with van der Waals surface area (Å²) in [6, 6.07) is 0. The molecule has 0 amide bonds. The number of carbonyl (C=O) groups is 2. The molecule has 0 aliphatic carbocycles. The van der Waals surface area contributed by atoms with Crippen molar-refractivity contribution in [2.45, 2.75) is 225 Å². The van der Waals surface area contributed by atoms with Crippen LogP contribution < -0.4 is 4.89 Å². The van der Waals surface area contributed by atoms with Gasteiger partial charge >= 0.3 is 11.9 Å². The summed E-state index contributed by atoms with van der Waals surface area (Å²) in [5.74, 6) is -0.858. The summed E-state index contributed by atoms with van der Waals surface area (Å²) in [4.78, 5) is 37.8. The summed E-state index contributed by atoms with van der Waals surface area (Å²) < 4.78 is 34.1. The van der Waals surface area contributed by atoms with Crippen LogP contribution >= 0.6 is 7.82 Å². The topological polar surface area (TPSA) is 111 Å². The van der Waals surface area contributed by atoms with E-state index in [2.05, 4.69) is 123 Å². The molecule has 2 unspecified atom stereocenters. The van der Waals surface area contributed by atoms with Crippen LogP contribution in [0.25, 0.3) is 0 Å². The SMILES string of the molecule is CC/C=C\C/C=C\C/C=C\C/C=C\C/C=C\C/C=C\CCCCCCCCCCCCCCCCC(=O)OC(COC(=O)CCCCCCC/C=C\C/C=C\C/C=C\CC)COP(=O)([O-])OCC[N+](C)(C)C. The van der Waals surface area contributed by atoms with Gasteiger partial charge < -0.3 is 27.9 Å². The molecule has 0 bridgehead atoms. The van der Waals surface area contributed by atoms with Crippen molar-refractivity contribution in [2.75, 3.05) is 47.5 Å². The lowest BCUT2D eigenvalue weighted by Crippen LogP contribution is -2.37. The molecule has 0 saturated heterocycles. The van der Waals surface area contributed by atoms with Crippen molar-refractivity contribution in [3.05, 3.63) is 109 Å². The minimum Gasteiger partial charge on any atom is -0.756 e. The second-order valence-corrected chi connectivity index (χ2v) is 21.3. The van der Waals surface area contributed by atoms with Crippen molar-refractivity contribution >= 4 is 19.8 Å². The van der Waals surface area contributed by atoms with Gasteiger partial charge in [0.1, 0.15) is 19.8 Å². The van der Waals surface area contributed by atoms with Gasteiger partial charge in [-0.1, -0.05) is 220 Å². The highest BCUT2D eigenvalue weighted by atomic mass is 31.2. The molecule has 72 heavy (non-hydrogen) atoms. The third kappa shape index (κ3) is 56.0. The van der Waals surface area contributed by atoms with Crippen LogP contribution in [-0.4, -0.2) is 70.0 Å². The first-order valence-electron chi connectivity index (χ1n) is 28.6. The second kappa shape index (κ2) is 52.5. The first-order valence-corrected chi connectivity index (χ1v) is 30.1. The van der Waals surface area contributed by atoms with E-state index in [9.17, 15) is 19.0 Å². The molecule has 0 heterocycles. The molecule has 0 saturated carbocycles. The van der Waals surface area contributed by atoms with E-state index in [0.29, 0.717) is 23.9 Å². The largest absolute Gasteiger partial charge is 0.756 e. The van der Waals surface area contributed by atoms with E-state index in [-0.39, 0.29) is 26.1 Å². The van der Waals surface area contributed by atoms with E-state index in [1.54, 1.807) is 0 Å². The average molecular weight is 1020 g/mol. The average Bonchev–Trinajstić information content (AvgIpc) is 3.34. The lowest BCUT2D eigenvalue weighted by atomic mass is 10.0. The number of esters is 2. The van der Waals surface area contributed by atoms with Crippen LogP contribution in [0.4, 0.5) is 0 Å². The zero-order valence-electron chi connectivity index (χ0n) is 46.6. The first kappa shape index (κ1) is 68.7. The van der Waals surface area contributed by atoms with Crippen LogP contribution in [-0.2, 0) is 32.7 Å². The van der Waals surface area contributed by atoms with Crippen LogP contribution in [0.3, 0.4) is 0 Å². The Kier molecular flexibility index (Phi) is 50.1. The summed E-state index contributed by atoms with van der Waals surface area (Å²) in [7, 11) is 1.14. The molecule has 0 aliphatic rings. The van der Waals surface area contributed by atoms with Crippen molar-refractivity contribution in [3.63, 3.8) is 0 Å². The quantitative estimate of drug-likeness (QED) is 0.0195. The molecule has 0 aliphatic heterocycles. The van der Waals surface area contributed by atoms with Gasteiger partial charge in [0.25, 0.3) is 7.82 Å². The van der Waals surface area contributed by atoms with E-state index >= 15 is 0 Å². The lowest BCUT2D eigenvalue weighted by molar-refractivity contribution is -0.870. The molecular weight excluding hydrogens is 918 g/mol. The predicted octanol–water partition coefficient (Wildman–Crippen LogP) is 17.2. The summed E-state index contributed by atoms with van der Waals surface area (Å²) in [5.41, 5.74) is 0. The van der Waals surface area contributed by atoms with Crippen LogP contribution in [0.15, 0.2) is 109 Å². The van der Waals surface area contributed by atoms with Gasteiger partial charge in [-0.05, 0) is 96.3 Å². The standard InChI is InChI=1S/C62H106NO8P/c1-6-8-10-12-14-16-18-20-22-23-24-25-26-27-28-29-30-31-32-33-34-35-36-37-38-39-41-43-45-47-49-51-53-55-62(65)71-60(59-70-72(66,67)69-57-56-63(3,4)5)58-68-61(64)54-52-50-48-46-44-42-40-21-19-17-15-13-11-9-7-2/h8-11,14-17,20-22,24-25,27-28,30-31,40,60H,6-7,12-13,18-19,23,26,29,32-39,41-59H2,1-5H3/b10-8-,11-9-,16-14-,17-15-,22-20-,25-24-,28-27-,31-30-,40-21-. The fourth-order valence-corrected chi connectivity index (χ4v) is 8.17. The Morgan fingerprint density at radius 2 is 0.750 bits per heavy atom. The number of allylic oxidation sites excluding steroid dienone is 18. The molecule has 0 N–H and O–H groups in total. The second-order valence-electron chi connectivity index (χ2n) is 19.9. The molecule has 0 aromatic rings. The molecule has 412 valence electrons. The van der Waals surface area contributed by atoms with E-state index in [1.165, 1.54) is 70.6 Å². The number of phosphoric ester groups is 1. The Labute approximate surface area is 442 Å². The Balaban J connectivity index is 4.11. The molecule has 0 rings (SSSR count). The maximum atomic E-state index is 12.8. The molecule has 0 aromatic carbocycles. The highest BCUT2D eigenvalue weighted by Crippen LogP contribution is 2.38. The van der Waals surface area contributed by atoms with Crippen LogP contribution in [0.2, 0.25) is 0 Å². The van der Waals surface area contributed by atoms with Gasteiger partial charge in [0, 0.05) is 12.8 Å². The normalized spacial score (nSPS) is 14.1. The number of rotatable bonds is 51. The van der Waals surface area contributed by atoms with Gasteiger partial charge in [0.2, 0.25) is 0 Å². The molecule has 9 nitrogen and oxygen atoms in total. The summed E-state index contributed by atoms with van der Waals surface area (Å²) in [6.07, 6.45) is 72.8. The fourth-order valence-electron chi connectivity index (χ4n) is 7.44. The first-order chi connectivity index (χ1) is 35.0. The molecule has 10 heteroatoms. The van der Waals surface area contributed by atoms with Crippen LogP contribution in [0.5, 0.6) is 0 Å². The Bertz CT molecular complexity index is 1580. The van der Waals surface area contributed by atoms with Crippen molar-refractivity contribution in [2.24, 2.45) is 0 Å². The van der Waals surface area contributed by atoms with Crippen LogP contribution in [0.1, 0.15) is 219 Å². The fraction of sp³-hybridized carbons (Fsp3) is 0.677. The van der Waals surface area contributed by atoms with E-state index in [1.807, 2.05) is 21.1 Å².